The third-order valence-electron chi connectivity index (χ3n) is 3.35. The molecule has 5 heteroatoms. The largest absolute Gasteiger partial charge is 0.370 e. The van der Waals surface area contributed by atoms with Gasteiger partial charge in [-0.3, -0.25) is 9.67 Å². The van der Waals surface area contributed by atoms with E-state index in [2.05, 4.69) is 33.2 Å². The first kappa shape index (κ1) is 11.2. The van der Waals surface area contributed by atoms with Crippen molar-refractivity contribution >= 4 is 5.69 Å². The van der Waals surface area contributed by atoms with E-state index in [0.717, 1.165) is 30.9 Å². The molecular weight excluding hydrogens is 226 g/mol. The van der Waals surface area contributed by atoms with E-state index in [4.69, 9.17) is 0 Å². The Morgan fingerprint density at radius 2 is 2.06 bits per heavy atom. The molecule has 0 unspecified atom stereocenters. The van der Waals surface area contributed by atoms with Crippen molar-refractivity contribution in [1.29, 1.82) is 0 Å². The van der Waals surface area contributed by atoms with Crippen molar-refractivity contribution in [3.05, 3.63) is 24.7 Å². The fourth-order valence-corrected chi connectivity index (χ4v) is 2.30. The van der Waals surface area contributed by atoms with Crippen LogP contribution in [0.5, 0.6) is 0 Å². The summed E-state index contributed by atoms with van der Waals surface area (Å²) in [6.07, 6.45) is 8.29. The van der Waals surface area contributed by atoms with Gasteiger partial charge in [0, 0.05) is 31.4 Å². The second-order valence-corrected chi connectivity index (χ2v) is 4.59. The van der Waals surface area contributed by atoms with Gasteiger partial charge in [0.05, 0.1) is 18.1 Å². The fourth-order valence-electron chi connectivity index (χ4n) is 2.30. The predicted octanol–water partition coefficient (Wildman–Crippen LogP) is 1.96. The SMILES string of the molecule is CCn1cc(-c2cncc(N3CCCC3)c2)nn1. The molecule has 0 amide bonds. The lowest BCUT2D eigenvalue weighted by molar-refractivity contribution is 0.627. The smallest absolute Gasteiger partial charge is 0.114 e. The first-order valence-corrected chi connectivity index (χ1v) is 6.47. The summed E-state index contributed by atoms with van der Waals surface area (Å²) in [5.74, 6) is 0. The predicted molar refractivity (Wildman–Crippen MR) is 70.4 cm³/mol. The van der Waals surface area contributed by atoms with Crippen LogP contribution in [0.15, 0.2) is 24.7 Å². The highest BCUT2D eigenvalue weighted by molar-refractivity contribution is 5.63. The van der Waals surface area contributed by atoms with Crippen LogP contribution in [0.1, 0.15) is 19.8 Å². The van der Waals surface area contributed by atoms with Gasteiger partial charge in [0.2, 0.25) is 0 Å². The number of hydrogen-bond donors (Lipinski definition) is 0. The Hall–Kier alpha value is -1.91. The van der Waals surface area contributed by atoms with Gasteiger partial charge >= 0.3 is 0 Å². The Bertz CT molecular complexity index is 528. The highest BCUT2D eigenvalue weighted by Gasteiger charge is 2.13. The zero-order chi connectivity index (χ0) is 12.4. The molecule has 0 aliphatic carbocycles. The minimum Gasteiger partial charge on any atom is -0.370 e. The van der Waals surface area contributed by atoms with E-state index in [0.29, 0.717) is 0 Å². The zero-order valence-electron chi connectivity index (χ0n) is 10.6. The first-order chi connectivity index (χ1) is 8.86. The molecule has 0 spiro atoms. The van der Waals surface area contributed by atoms with Crippen LogP contribution in [0.3, 0.4) is 0 Å². The van der Waals surface area contributed by atoms with Gasteiger partial charge in [0.15, 0.2) is 0 Å². The summed E-state index contributed by atoms with van der Waals surface area (Å²) in [4.78, 5) is 6.70. The molecule has 5 nitrogen and oxygen atoms in total. The molecular formula is C13H17N5. The first-order valence-electron chi connectivity index (χ1n) is 6.47. The van der Waals surface area contributed by atoms with E-state index in [1.54, 1.807) is 0 Å². The molecule has 0 saturated carbocycles. The van der Waals surface area contributed by atoms with Crippen LogP contribution >= 0.6 is 0 Å². The monoisotopic (exact) mass is 243 g/mol. The lowest BCUT2D eigenvalue weighted by atomic mass is 10.2. The lowest BCUT2D eigenvalue weighted by Gasteiger charge is -2.17. The van der Waals surface area contributed by atoms with E-state index in [-0.39, 0.29) is 0 Å². The Morgan fingerprint density at radius 1 is 1.22 bits per heavy atom. The molecule has 18 heavy (non-hydrogen) atoms. The zero-order valence-corrected chi connectivity index (χ0v) is 10.6. The van der Waals surface area contributed by atoms with Crippen molar-refractivity contribution in [1.82, 2.24) is 20.0 Å². The van der Waals surface area contributed by atoms with Crippen molar-refractivity contribution in [3.8, 4) is 11.3 Å². The van der Waals surface area contributed by atoms with E-state index in [1.165, 1.54) is 18.5 Å². The lowest BCUT2D eigenvalue weighted by Crippen LogP contribution is -2.17. The van der Waals surface area contributed by atoms with Gasteiger partial charge < -0.3 is 4.90 Å². The van der Waals surface area contributed by atoms with E-state index < -0.39 is 0 Å². The van der Waals surface area contributed by atoms with Crippen LogP contribution in [-0.2, 0) is 6.54 Å². The number of nitrogens with zero attached hydrogens (tertiary/aromatic N) is 5. The summed E-state index contributed by atoms with van der Waals surface area (Å²) in [7, 11) is 0. The number of aromatic nitrogens is 4. The molecule has 2 aromatic heterocycles. The van der Waals surface area contributed by atoms with Crippen molar-refractivity contribution in [2.24, 2.45) is 0 Å². The molecule has 0 aromatic carbocycles. The van der Waals surface area contributed by atoms with Crippen LogP contribution in [0.2, 0.25) is 0 Å². The van der Waals surface area contributed by atoms with Gasteiger partial charge in [0.25, 0.3) is 0 Å². The number of hydrogen-bond acceptors (Lipinski definition) is 4. The molecule has 0 bridgehead atoms. The molecule has 0 radical (unpaired) electrons. The second kappa shape index (κ2) is 4.76. The Labute approximate surface area is 106 Å². The highest BCUT2D eigenvalue weighted by Crippen LogP contribution is 2.24. The van der Waals surface area contributed by atoms with Crippen molar-refractivity contribution in [2.75, 3.05) is 18.0 Å². The van der Waals surface area contributed by atoms with Crippen LogP contribution in [0.4, 0.5) is 5.69 Å². The minimum atomic E-state index is 0.840. The topological polar surface area (TPSA) is 46.8 Å². The number of anilines is 1. The van der Waals surface area contributed by atoms with E-state index >= 15 is 0 Å². The average Bonchev–Trinajstić information content (AvgIpc) is 3.10. The van der Waals surface area contributed by atoms with Gasteiger partial charge in [-0.1, -0.05) is 5.21 Å². The van der Waals surface area contributed by atoms with Gasteiger partial charge in [-0.15, -0.1) is 5.10 Å². The van der Waals surface area contributed by atoms with Crippen LogP contribution in [0.25, 0.3) is 11.3 Å². The van der Waals surface area contributed by atoms with Gasteiger partial charge in [-0.05, 0) is 25.8 Å². The summed E-state index contributed by atoms with van der Waals surface area (Å²) < 4.78 is 1.83. The molecule has 94 valence electrons. The normalized spacial score (nSPS) is 15.3. The van der Waals surface area contributed by atoms with Crippen LogP contribution in [0, 0.1) is 0 Å². The maximum Gasteiger partial charge on any atom is 0.114 e. The Kier molecular flexibility index (Phi) is 2.96. The summed E-state index contributed by atoms with van der Waals surface area (Å²) in [5, 5.41) is 8.24. The van der Waals surface area contributed by atoms with E-state index in [1.807, 2.05) is 23.3 Å². The molecule has 0 N–H and O–H groups in total. The third kappa shape index (κ3) is 2.08. The Morgan fingerprint density at radius 3 is 2.78 bits per heavy atom. The van der Waals surface area contributed by atoms with Crippen LogP contribution < -0.4 is 4.90 Å². The molecule has 1 aliphatic rings. The second-order valence-electron chi connectivity index (χ2n) is 4.59. The number of pyridine rings is 1. The minimum absolute atomic E-state index is 0.840. The average molecular weight is 243 g/mol. The standard InChI is InChI=1S/C13H17N5/c1-2-18-10-13(15-16-18)11-7-12(9-14-8-11)17-5-3-4-6-17/h7-10H,2-6H2,1H3. The molecule has 3 rings (SSSR count). The van der Waals surface area contributed by atoms with Gasteiger partial charge in [-0.25, -0.2) is 0 Å². The molecule has 2 aromatic rings. The van der Waals surface area contributed by atoms with Gasteiger partial charge in [0.1, 0.15) is 5.69 Å². The fraction of sp³-hybridized carbons (Fsp3) is 0.462. The van der Waals surface area contributed by atoms with Gasteiger partial charge in [-0.2, -0.15) is 0 Å². The summed E-state index contributed by atoms with van der Waals surface area (Å²) in [6, 6.07) is 2.16. The van der Waals surface area contributed by atoms with E-state index in [9.17, 15) is 0 Å². The molecule has 1 fully saturated rings. The third-order valence-corrected chi connectivity index (χ3v) is 3.35. The summed E-state index contributed by atoms with van der Waals surface area (Å²) in [5.41, 5.74) is 3.13. The van der Waals surface area contributed by atoms with Crippen molar-refractivity contribution in [3.63, 3.8) is 0 Å². The maximum absolute atomic E-state index is 4.32. The van der Waals surface area contributed by atoms with Crippen LogP contribution in [-0.4, -0.2) is 33.1 Å². The number of aryl methyl sites for hydroxylation is 1. The summed E-state index contributed by atoms with van der Waals surface area (Å²) in [6.45, 7) is 5.16. The molecule has 1 saturated heterocycles. The maximum atomic E-state index is 4.32. The Balaban J connectivity index is 1.90. The van der Waals surface area contributed by atoms with Crippen molar-refractivity contribution in [2.45, 2.75) is 26.3 Å². The quantitative estimate of drug-likeness (QED) is 0.826. The molecule has 0 atom stereocenters. The summed E-state index contributed by atoms with van der Waals surface area (Å²) >= 11 is 0. The number of rotatable bonds is 3. The molecule has 3 heterocycles. The highest BCUT2D eigenvalue weighted by atomic mass is 15.4. The molecule has 1 aliphatic heterocycles. The van der Waals surface area contributed by atoms with Crippen molar-refractivity contribution < 1.29 is 0 Å².